The standard InChI is InChI=1S/C8H9ClN6.C8H9FO/c1-4-2-6(15-14-4)12-8-11-3-5(9)7(10)13-8;9-8-3-1-7(2-4-8)5-6-10/h2-3H,1H3,(H4,10,11,12,13,14,15);1-4,10H,5-6H2. The number of aryl methyl sites for hydroxylation is 1. The van der Waals surface area contributed by atoms with Crippen molar-refractivity contribution in [3.63, 3.8) is 0 Å². The predicted octanol–water partition coefficient (Wildman–Crippen LogP) is 2.85. The lowest BCUT2D eigenvalue weighted by Gasteiger charge is -2.01. The number of aromatic nitrogens is 4. The molecule has 0 amide bonds. The largest absolute Gasteiger partial charge is 0.396 e. The van der Waals surface area contributed by atoms with Crippen molar-refractivity contribution in [1.29, 1.82) is 0 Å². The molecule has 0 saturated heterocycles. The third-order valence-electron chi connectivity index (χ3n) is 3.03. The quantitative estimate of drug-likeness (QED) is 0.566. The van der Waals surface area contributed by atoms with Gasteiger partial charge in [-0.25, -0.2) is 9.37 Å². The Kier molecular flexibility index (Phi) is 6.67. The Hall–Kier alpha value is -2.71. The van der Waals surface area contributed by atoms with Crippen molar-refractivity contribution in [3.05, 3.63) is 58.6 Å². The van der Waals surface area contributed by atoms with Crippen molar-refractivity contribution < 1.29 is 9.50 Å². The fourth-order valence-electron chi connectivity index (χ4n) is 1.82. The van der Waals surface area contributed by atoms with Crippen LogP contribution in [0.15, 0.2) is 36.5 Å². The second-order valence-electron chi connectivity index (χ2n) is 5.09. The number of aromatic amines is 1. The van der Waals surface area contributed by atoms with Gasteiger partial charge in [0.05, 0.1) is 6.20 Å². The molecule has 0 aliphatic heterocycles. The zero-order valence-electron chi connectivity index (χ0n) is 13.5. The van der Waals surface area contributed by atoms with Gasteiger partial charge in [0.1, 0.15) is 16.7 Å². The summed E-state index contributed by atoms with van der Waals surface area (Å²) in [6.07, 6.45) is 2.03. The van der Waals surface area contributed by atoms with Crippen molar-refractivity contribution in [1.82, 2.24) is 20.2 Å². The maximum absolute atomic E-state index is 12.3. The normalized spacial score (nSPS) is 10.1. The number of anilines is 3. The number of halogens is 2. The van der Waals surface area contributed by atoms with Crippen LogP contribution in [0.2, 0.25) is 5.02 Å². The fourth-order valence-corrected chi connectivity index (χ4v) is 1.91. The van der Waals surface area contributed by atoms with Gasteiger partial charge in [0, 0.05) is 18.4 Å². The lowest BCUT2D eigenvalue weighted by molar-refractivity contribution is 0.299. The Labute approximate surface area is 149 Å². The molecule has 9 heteroatoms. The molecule has 0 saturated carbocycles. The van der Waals surface area contributed by atoms with E-state index in [-0.39, 0.29) is 18.2 Å². The van der Waals surface area contributed by atoms with Crippen molar-refractivity contribution in [2.24, 2.45) is 0 Å². The number of H-pyrrole nitrogens is 1. The van der Waals surface area contributed by atoms with Crippen LogP contribution in [0.4, 0.5) is 22.0 Å². The SMILES string of the molecule is Cc1cc(Nc2ncc(Cl)c(N)n2)n[nH]1.OCCc1ccc(F)cc1. The van der Waals surface area contributed by atoms with Crippen molar-refractivity contribution in [3.8, 4) is 0 Å². The molecule has 1 aromatic carbocycles. The predicted molar refractivity (Wildman–Crippen MR) is 95.3 cm³/mol. The van der Waals surface area contributed by atoms with Crippen molar-refractivity contribution in [2.75, 3.05) is 17.7 Å². The van der Waals surface area contributed by atoms with Crippen molar-refractivity contribution >= 4 is 29.2 Å². The van der Waals surface area contributed by atoms with Gasteiger partial charge in [-0.1, -0.05) is 23.7 Å². The number of aliphatic hydroxyl groups excluding tert-OH is 1. The summed E-state index contributed by atoms with van der Waals surface area (Å²) in [6.45, 7) is 2.01. The molecule has 7 nitrogen and oxygen atoms in total. The maximum Gasteiger partial charge on any atom is 0.230 e. The van der Waals surface area contributed by atoms with Gasteiger partial charge in [-0.05, 0) is 31.0 Å². The summed E-state index contributed by atoms with van der Waals surface area (Å²) in [6, 6.07) is 7.96. The van der Waals surface area contributed by atoms with E-state index in [1.165, 1.54) is 18.3 Å². The van der Waals surface area contributed by atoms with E-state index in [0.717, 1.165) is 11.3 Å². The summed E-state index contributed by atoms with van der Waals surface area (Å²) in [5, 5.41) is 18.5. The van der Waals surface area contributed by atoms with E-state index >= 15 is 0 Å². The summed E-state index contributed by atoms with van der Waals surface area (Å²) in [5.74, 6) is 1.00. The molecule has 0 unspecified atom stereocenters. The van der Waals surface area contributed by atoms with Gasteiger partial charge >= 0.3 is 0 Å². The molecule has 25 heavy (non-hydrogen) atoms. The molecule has 0 aliphatic carbocycles. The molecule has 2 heterocycles. The summed E-state index contributed by atoms with van der Waals surface area (Å²) in [5.41, 5.74) is 7.43. The number of benzene rings is 1. The van der Waals surface area contributed by atoms with Gasteiger partial charge < -0.3 is 16.2 Å². The molecule has 0 atom stereocenters. The van der Waals surface area contributed by atoms with Gasteiger partial charge in [-0.2, -0.15) is 10.1 Å². The van der Waals surface area contributed by atoms with Crippen LogP contribution in [0, 0.1) is 12.7 Å². The van der Waals surface area contributed by atoms with Crippen LogP contribution >= 0.6 is 11.6 Å². The van der Waals surface area contributed by atoms with Crippen LogP contribution in [0.25, 0.3) is 0 Å². The van der Waals surface area contributed by atoms with Gasteiger partial charge in [0.2, 0.25) is 5.95 Å². The molecule has 3 aromatic rings. The first kappa shape index (κ1) is 18.6. The summed E-state index contributed by atoms with van der Waals surface area (Å²) in [7, 11) is 0. The van der Waals surface area contributed by atoms with Gasteiger partial charge in [-0.15, -0.1) is 0 Å². The van der Waals surface area contributed by atoms with Crippen LogP contribution in [-0.4, -0.2) is 31.9 Å². The monoisotopic (exact) mass is 364 g/mol. The zero-order valence-corrected chi connectivity index (χ0v) is 14.3. The molecule has 0 fully saturated rings. The van der Waals surface area contributed by atoms with E-state index < -0.39 is 0 Å². The first-order valence-corrected chi connectivity index (χ1v) is 7.78. The molecule has 2 aromatic heterocycles. The molecule has 0 bridgehead atoms. The Morgan fingerprint density at radius 1 is 1.32 bits per heavy atom. The number of nitrogen functional groups attached to an aromatic ring is 1. The highest BCUT2D eigenvalue weighted by Crippen LogP contribution is 2.17. The molecule has 0 spiro atoms. The smallest absolute Gasteiger partial charge is 0.230 e. The third kappa shape index (κ3) is 6.02. The molecule has 0 radical (unpaired) electrons. The fraction of sp³-hybridized carbons (Fsp3) is 0.188. The van der Waals surface area contributed by atoms with E-state index in [9.17, 15) is 4.39 Å². The van der Waals surface area contributed by atoms with Gasteiger partial charge in [0.25, 0.3) is 0 Å². The summed E-state index contributed by atoms with van der Waals surface area (Å²) in [4.78, 5) is 7.90. The lowest BCUT2D eigenvalue weighted by Crippen LogP contribution is -2.00. The number of nitrogens with one attached hydrogen (secondary N) is 2. The Morgan fingerprint density at radius 3 is 2.60 bits per heavy atom. The third-order valence-corrected chi connectivity index (χ3v) is 3.32. The molecule has 0 aliphatic rings. The first-order chi connectivity index (χ1) is 12.0. The Morgan fingerprint density at radius 2 is 2.04 bits per heavy atom. The summed E-state index contributed by atoms with van der Waals surface area (Å²) >= 11 is 5.69. The van der Waals surface area contributed by atoms with Crippen molar-refractivity contribution in [2.45, 2.75) is 13.3 Å². The minimum atomic E-state index is -0.235. The molecular formula is C16H18ClFN6O. The van der Waals surface area contributed by atoms with Crippen LogP contribution in [0.5, 0.6) is 0 Å². The Bertz CT molecular complexity index is 809. The number of rotatable bonds is 4. The molecule has 132 valence electrons. The van der Waals surface area contributed by atoms with E-state index in [4.69, 9.17) is 22.4 Å². The maximum atomic E-state index is 12.3. The first-order valence-electron chi connectivity index (χ1n) is 7.40. The van der Waals surface area contributed by atoms with E-state index in [0.29, 0.717) is 23.2 Å². The topological polar surface area (TPSA) is 113 Å². The van der Waals surface area contributed by atoms with Gasteiger partial charge in [0.15, 0.2) is 5.82 Å². The number of nitrogens with zero attached hydrogens (tertiary/aromatic N) is 3. The van der Waals surface area contributed by atoms with E-state index in [2.05, 4.69) is 25.5 Å². The highest BCUT2D eigenvalue weighted by atomic mass is 35.5. The van der Waals surface area contributed by atoms with Crippen LogP contribution in [0.1, 0.15) is 11.3 Å². The highest BCUT2D eigenvalue weighted by molar-refractivity contribution is 6.32. The van der Waals surface area contributed by atoms with Crippen LogP contribution in [-0.2, 0) is 6.42 Å². The highest BCUT2D eigenvalue weighted by Gasteiger charge is 2.03. The molecule has 3 rings (SSSR count). The minimum absolute atomic E-state index is 0.117. The minimum Gasteiger partial charge on any atom is -0.396 e. The van der Waals surface area contributed by atoms with Gasteiger partial charge in [-0.3, -0.25) is 5.10 Å². The zero-order chi connectivity index (χ0) is 18.2. The Balaban J connectivity index is 0.000000196. The second-order valence-corrected chi connectivity index (χ2v) is 5.50. The number of hydrogen-bond acceptors (Lipinski definition) is 6. The average molecular weight is 365 g/mol. The number of nitrogens with two attached hydrogens (primary N) is 1. The van der Waals surface area contributed by atoms with Crippen LogP contribution < -0.4 is 11.1 Å². The second kappa shape index (κ2) is 8.95. The van der Waals surface area contributed by atoms with Crippen LogP contribution in [0.3, 0.4) is 0 Å². The summed E-state index contributed by atoms with van der Waals surface area (Å²) < 4.78 is 12.3. The number of aliphatic hydroxyl groups is 1. The lowest BCUT2D eigenvalue weighted by atomic mass is 10.2. The molecular weight excluding hydrogens is 347 g/mol. The number of hydrogen-bond donors (Lipinski definition) is 4. The van der Waals surface area contributed by atoms with E-state index in [1.54, 1.807) is 12.1 Å². The molecule has 5 N–H and O–H groups in total. The van der Waals surface area contributed by atoms with E-state index in [1.807, 2.05) is 13.0 Å². The average Bonchev–Trinajstić information content (AvgIpc) is 2.99.